The van der Waals surface area contributed by atoms with Crippen LogP contribution in [0.5, 0.6) is 0 Å². The lowest BCUT2D eigenvalue weighted by atomic mass is 10.4. The highest BCUT2D eigenvalue weighted by Crippen LogP contribution is 2.12. The average molecular weight is 228 g/mol. The Bertz CT molecular complexity index is 371. The van der Waals surface area contributed by atoms with Crippen LogP contribution < -0.4 is 0 Å². The standard InChI is InChI=1S/C9H12N2O3S/c1-3-11(4-2)8(12)7-10-6(5-15-7)9(13)14/h5H,3-4H2,1-2H3,(H,13,14). The van der Waals surface area contributed by atoms with Crippen molar-refractivity contribution < 1.29 is 14.7 Å². The quantitative estimate of drug-likeness (QED) is 0.843. The van der Waals surface area contributed by atoms with Gasteiger partial charge < -0.3 is 10.0 Å². The molecular weight excluding hydrogens is 216 g/mol. The van der Waals surface area contributed by atoms with E-state index >= 15 is 0 Å². The highest BCUT2D eigenvalue weighted by molar-refractivity contribution is 7.11. The van der Waals surface area contributed by atoms with Crippen LogP contribution in [0.1, 0.15) is 34.1 Å². The lowest BCUT2D eigenvalue weighted by Crippen LogP contribution is -2.30. The first-order valence-corrected chi connectivity index (χ1v) is 5.46. The summed E-state index contributed by atoms with van der Waals surface area (Å²) in [6, 6.07) is 0. The number of aromatic carboxylic acids is 1. The SMILES string of the molecule is CCN(CC)C(=O)c1nc(C(=O)O)cs1. The topological polar surface area (TPSA) is 70.5 Å². The Morgan fingerprint density at radius 3 is 2.47 bits per heavy atom. The van der Waals surface area contributed by atoms with Crippen molar-refractivity contribution in [3.63, 3.8) is 0 Å². The van der Waals surface area contributed by atoms with Gasteiger partial charge >= 0.3 is 5.97 Å². The molecule has 0 aliphatic heterocycles. The van der Waals surface area contributed by atoms with Gasteiger partial charge in [-0.2, -0.15) is 0 Å². The first-order valence-electron chi connectivity index (χ1n) is 4.58. The first kappa shape index (κ1) is 11.6. The molecule has 0 radical (unpaired) electrons. The van der Waals surface area contributed by atoms with Crippen LogP contribution in [0.25, 0.3) is 0 Å². The van der Waals surface area contributed by atoms with Crippen LogP contribution >= 0.6 is 11.3 Å². The molecule has 1 rings (SSSR count). The van der Waals surface area contributed by atoms with Crippen molar-refractivity contribution >= 4 is 23.2 Å². The molecule has 0 aliphatic rings. The Morgan fingerprint density at radius 1 is 1.47 bits per heavy atom. The summed E-state index contributed by atoms with van der Waals surface area (Å²) in [5.74, 6) is -1.32. The molecule has 0 aromatic carbocycles. The number of rotatable bonds is 4. The number of carboxylic acids is 1. The summed E-state index contributed by atoms with van der Waals surface area (Å²) in [5, 5.41) is 10.3. The second-order valence-corrected chi connectivity index (χ2v) is 3.68. The van der Waals surface area contributed by atoms with Crippen molar-refractivity contribution in [1.29, 1.82) is 0 Å². The normalized spacial score (nSPS) is 10.0. The summed E-state index contributed by atoms with van der Waals surface area (Å²) in [6.07, 6.45) is 0. The van der Waals surface area contributed by atoms with E-state index in [1.807, 2.05) is 13.8 Å². The number of carbonyl (C=O) groups excluding carboxylic acids is 1. The van der Waals surface area contributed by atoms with Gasteiger partial charge in [0.05, 0.1) is 0 Å². The van der Waals surface area contributed by atoms with Gasteiger partial charge in [0.2, 0.25) is 0 Å². The van der Waals surface area contributed by atoms with E-state index in [0.717, 1.165) is 11.3 Å². The third-order valence-corrected chi connectivity index (χ3v) is 2.79. The molecule has 1 N–H and O–H groups in total. The zero-order valence-electron chi connectivity index (χ0n) is 8.56. The molecule has 0 aliphatic carbocycles. The van der Waals surface area contributed by atoms with E-state index in [1.165, 1.54) is 5.38 Å². The number of nitrogens with zero attached hydrogens (tertiary/aromatic N) is 2. The highest BCUT2D eigenvalue weighted by Gasteiger charge is 2.18. The monoisotopic (exact) mass is 228 g/mol. The van der Waals surface area contributed by atoms with Crippen LogP contribution in [-0.2, 0) is 0 Å². The smallest absolute Gasteiger partial charge is 0.355 e. The van der Waals surface area contributed by atoms with Gasteiger partial charge in [-0.25, -0.2) is 9.78 Å². The number of aromatic nitrogens is 1. The number of carboxylic acid groups (broad SMARTS) is 1. The molecule has 1 amide bonds. The number of thiazole rings is 1. The van der Waals surface area contributed by atoms with Gasteiger partial charge in [0.15, 0.2) is 10.7 Å². The van der Waals surface area contributed by atoms with Gasteiger partial charge in [-0.05, 0) is 13.8 Å². The Labute approximate surface area is 91.4 Å². The Kier molecular flexibility index (Phi) is 3.79. The van der Waals surface area contributed by atoms with Gasteiger partial charge in [-0.1, -0.05) is 0 Å². The van der Waals surface area contributed by atoms with Crippen molar-refractivity contribution in [3.05, 3.63) is 16.1 Å². The predicted molar refractivity (Wildman–Crippen MR) is 56.3 cm³/mol. The van der Waals surface area contributed by atoms with Crippen molar-refractivity contribution in [2.75, 3.05) is 13.1 Å². The molecule has 0 saturated heterocycles. The fraction of sp³-hybridized carbons (Fsp3) is 0.444. The second kappa shape index (κ2) is 4.88. The van der Waals surface area contributed by atoms with Crippen LogP contribution in [0.2, 0.25) is 0 Å². The summed E-state index contributed by atoms with van der Waals surface area (Å²) in [7, 11) is 0. The Hall–Kier alpha value is -1.43. The van der Waals surface area contributed by atoms with Crippen molar-refractivity contribution in [2.24, 2.45) is 0 Å². The van der Waals surface area contributed by atoms with Crippen LogP contribution in [0.4, 0.5) is 0 Å². The zero-order valence-corrected chi connectivity index (χ0v) is 9.37. The lowest BCUT2D eigenvalue weighted by molar-refractivity contribution is 0.0691. The molecule has 0 unspecified atom stereocenters. The summed E-state index contributed by atoms with van der Waals surface area (Å²) in [5.41, 5.74) is -0.0736. The number of carbonyl (C=O) groups is 2. The number of amides is 1. The maximum absolute atomic E-state index is 11.7. The number of hydrogen-bond acceptors (Lipinski definition) is 4. The third-order valence-electron chi connectivity index (χ3n) is 1.96. The molecule has 82 valence electrons. The summed E-state index contributed by atoms with van der Waals surface area (Å²) in [4.78, 5) is 27.6. The van der Waals surface area contributed by atoms with E-state index in [1.54, 1.807) is 4.90 Å². The molecule has 1 heterocycles. The fourth-order valence-corrected chi connectivity index (χ4v) is 1.87. The molecule has 0 spiro atoms. The van der Waals surface area contributed by atoms with E-state index in [0.29, 0.717) is 13.1 Å². The van der Waals surface area contributed by atoms with Crippen LogP contribution in [0, 0.1) is 0 Å². The largest absolute Gasteiger partial charge is 0.476 e. The minimum absolute atomic E-state index is 0.0736. The van der Waals surface area contributed by atoms with E-state index in [2.05, 4.69) is 4.98 Å². The predicted octanol–water partition coefficient (Wildman–Crippen LogP) is 1.32. The summed E-state index contributed by atoms with van der Waals surface area (Å²) in [6.45, 7) is 4.93. The maximum atomic E-state index is 11.7. The van der Waals surface area contributed by atoms with Crippen LogP contribution in [0.3, 0.4) is 0 Å². The average Bonchev–Trinajstić information content (AvgIpc) is 2.68. The third kappa shape index (κ3) is 2.53. The minimum atomic E-state index is -1.11. The van der Waals surface area contributed by atoms with Gasteiger partial charge in [-0.3, -0.25) is 4.79 Å². The van der Waals surface area contributed by atoms with E-state index < -0.39 is 5.97 Å². The molecule has 5 nitrogen and oxygen atoms in total. The van der Waals surface area contributed by atoms with Gasteiger partial charge in [0, 0.05) is 18.5 Å². The summed E-state index contributed by atoms with van der Waals surface area (Å²) >= 11 is 1.06. The van der Waals surface area contributed by atoms with Crippen LogP contribution in [-0.4, -0.2) is 40.0 Å². The number of hydrogen-bond donors (Lipinski definition) is 1. The maximum Gasteiger partial charge on any atom is 0.355 e. The highest BCUT2D eigenvalue weighted by atomic mass is 32.1. The van der Waals surface area contributed by atoms with Crippen molar-refractivity contribution in [1.82, 2.24) is 9.88 Å². The van der Waals surface area contributed by atoms with E-state index in [-0.39, 0.29) is 16.6 Å². The summed E-state index contributed by atoms with van der Waals surface area (Å²) < 4.78 is 0. The lowest BCUT2D eigenvalue weighted by Gasteiger charge is -2.16. The molecule has 6 heteroatoms. The van der Waals surface area contributed by atoms with Gasteiger partial charge in [0.1, 0.15) is 0 Å². The second-order valence-electron chi connectivity index (χ2n) is 2.82. The molecule has 0 fully saturated rings. The van der Waals surface area contributed by atoms with E-state index in [9.17, 15) is 9.59 Å². The van der Waals surface area contributed by atoms with E-state index in [4.69, 9.17) is 5.11 Å². The molecule has 0 atom stereocenters. The molecule has 0 saturated carbocycles. The zero-order chi connectivity index (χ0) is 11.4. The minimum Gasteiger partial charge on any atom is -0.476 e. The Balaban J connectivity index is 2.86. The van der Waals surface area contributed by atoms with Gasteiger partial charge in [-0.15, -0.1) is 11.3 Å². The molecule has 1 aromatic rings. The first-order chi connectivity index (χ1) is 7.10. The van der Waals surface area contributed by atoms with Gasteiger partial charge in [0.25, 0.3) is 5.91 Å². The molecule has 1 aromatic heterocycles. The van der Waals surface area contributed by atoms with Crippen molar-refractivity contribution in [2.45, 2.75) is 13.8 Å². The molecular formula is C9H12N2O3S. The Morgan fingerprint density at radius 2 is 2.07 bits per heavy atom. The fourth-order valence-electron chi connectivity index (χ4n) is 1.12. The van der Waals surface area contributed by atoms with Crippen LogP contribution in [0.15, 0.2) is 5.38 Å². The molecule has 15 heavy (non-hydrogen) atoms. The molecule has 0 bridgehead atoms. The van der Waals surface area contributed by atoms with Crippen molar-refractivity contribution in [3.8, 4) is 0 Å².